The van der Waals surface area contributed by atoms with Crippen molar-refractivity contribution >= 4 is 27.1 Å². The normalized spacial score (nSPS) is 21.1. The third-order valence-corrected chi connectivity index (χ3v) is 6.49. The summed E-state index contributed by atoms with van der Waals surface area (Å²) in [5.74, 6) is 0.265. The molecular formula is C18H19N3O3S. The highest BCUT2D eigenvalue weighted by atomic mass is 32.2. The Labute approximate surface area is 146 Å². The number of fused-ring (bicyclic) bond motifs is 1. The van der Waals surface area contributed by atoms with Gasteiger partial charge >= 0.3 is 0 Å². The Morgan fingerprint density at radius 2 is 2.04 bits per heavy atom. The molecule has 1 N–H and O–H groups in total. The summed E-state index contributed by atoms with van der Waals surface area (Å²) in [6.07, 6.45) is 3.06. The van der Waals surface area contributed by atoms with Crippen molar-refractivity contribution in [1.29, 1.82) is 0 Å². The van der Waals surface area contributed by atoms with Crippen molar-refractivity contribution < 1.29 is 13.2 Å². The third-order valence-electron chi connectivity index (χ3n) is 4.72. The molecule has 0 saturated carbocycles. The second-order valence-electron chi connectivity index (χ2n) is 6.51. The van der Waals surface area contributed by atoms with Crippen molar-refractivity contribution in [2.75, 3.05) is 28.3 Å². The van der Waals surface area contributed by atoms with Gasteiger partial charge < -0.3 is 10.2 Å². The summed E-state index contributed by atoms with van der Waals surface area (Å²) in [5, 5.41) is 3.18. The molecule has 1 unspecified atom stereocenters. The zero-order chi connectivity index (χ0) is 17.4. The van der Waals surface area contributed by atoms with Gasteiger partial charge in [0.1, 0.15) is 5.69 Å². The van der Waals surface area contributed by atoms with E-state index in [0.717, 1.165) is 17.8 Å². The number of carbonyl (C=O) groups is 1. The van der Waals surface area contributed by atoms with Crippen LogP contribution in [0.2, 0.25) is 0 Å². The van der Waals surface area contributed by atoms with Crippen molar-refractivity contribution in [3.8, 4) is 0 Å². The summed E-state index contributed by atoms with van der Waals surface area (Å²) in [7, 11) is -2.92. The molecule has 1 saturated heterocycles. The van der Waals surface area contributed by atoms with Crippen LogP contribution in [0.15, 0.2) is 42.6 Å². The fourth-order valence-corrected chi connectivity index (χ4v) is 5.11. The Kier molecular flexibility index (Phi) is 3.95. The van der Waals surface area contributed by atoms with Gasteiger partial charge in [-0.25, -0.2) is 13.4 Å². The Morgan fingerprint density at radius 1 is 1.20 bits per heavy atom. The standard InChI is InChI=1S/C18H19N3O3S/c22-18(21-9-7-13-3-1-2-4-17(13)21)16-6-5-14(11-19-16)20-15-8-10-25(23,24)12-15/h1-6,11,15,20H,7-10,12H2. The molecule has 1 aromatic heterocycles. The molecule has 4 rings (SSSR count). The van der Waals surface area contributed by atoms with E-state index in [0.29, 0.717) is 18.7 Å². The number of para-hydroxylation sites is 1. The second-order valence-corrected chi connectivity index (χ2v) is 8.74. The van der Waals surface area contributed by atoms with Crippen LogP contribution in [0, 0.1) is 0 Å². The van der Waals surface area contributed by atoms with Gasteiger partial charge in [0, 0.05) is 18.3 Å². The first-order valence-electron chi connectivity index (χ1n) is 8.35. The lowest BCUT2D eigenvalue weighted by atomic mass is 10.2. The lowest BCUT2D eigenvalue weighted by Gasteiger charge is -2.17. The minimum Gasteiger partial charge on any atom is -0.380 e. The SMILES string of the molecule is O=C(c1ccc(NC2CCS(=O)(=O)C2)cn1)N1CCc2ccccc21. The summed E-state index contributed by atoms with van der Waals surface area (Å²) in [5.41, 5.74) is 3.26. The van der Waals surface area contributed by atoms with E-state index in [2.05, 4.69) is 10.3 Å². The van der Waals surface area contributed by atoms with Crippen molar-refractivity contribution in [3.63, 3.8) is 0 Å². The molecule has 0 spiro atoms. The molecule has 3 heterocycles. The van der Waals surface area contributed by atoms with Crippen LogP contribution in [-0.2, 0) is 16.3 Å². The van der Waals surface area contributed by atoms with Crippen LogP contribution in [-0.4, -0.2) is 43.4 Å². The fourth-order valence-electron chi connectivity index (χ4n) is 3.44. The maximum Gasteiger partial charge on any atom is 0.276 e. The molecule has 1 fully saturated rings. The monoisotopic (exact) mass is 357 g/mol. The molecule has 2 aliphatic heterocycles. The Hall–Kier alpha value is -2.41. The number of amides is 1. The maximum atomic E-state index is 12.7. The molecule has 1 atom stereocenters. The molecule has 25 heavy (non-hydrogen) atoms. The first-order valence-corrected chi connectivity index (χ1v) is 10.2. The first-order chi connectivity index (χ1) is 12.0. The predicted octanol–water partition coefficient (Wildman–Crippen LogP) is 1.88. The molecule has 2 aromatic rings. The number of nitrogens with one attached hydrogen (secondary N) is 1. The first kappa shape index (κ1) is 16.1. The average Bonchev–Trinajstić information content (AvgIpc) is 3.18. The lowest BCUT2D eigenvalue weighted by molar-refractivity contribution is 0.0984. The number of carbonyl (C=O) groups excluding carboxylic acids is 1. The van der Waals surface area contributed by atoms with Crippen molar-refractivity contribution in [2.24, 2.45) is 0 Å². The van der Waals surface area contributed by atoms with Gasteiger partial charge in [0.25, 0.3) is 5.91 Å². The molecular weight excluding hydrogens is 338 g/mol. The van der Waals surface area contributed by atoms with E-state index in [1.165, 1.54) is 5.56 Å². The molecule has 6 nitrogen and oxygen atoms in total. The molecule has 1 amide bonds. The number of rotatable bonds is 3. The van der Waals surface area contributed by atoms with Gasteiger partial charge in [0.15, 0.2) is 9.84 Å². The lowest BCUT2D eigenvalue weighted by Crippen LogP contribution is -2.29. The minimum absolute atomic E-state index is 0.0844. The molecule has 0 bridgehead atoms. The summed E-state index contributed by atoms with van der Waals surface area (Å²) < 4.78 is 23.0. The number of benzene rings is 1. The average molecular weight is 357 g/mol. The topological polar surface area (TPSA) is 79.4 Å². The largest absolute Gasteiger partial charge is 0.380 e. The number of anilines is 2. The van der Waals surface area contributed by atoms with Crippen LogP contribution in [0.1, 0.15) is 22.5 Å². The van der Waals surface area contributed by atoms with Crippen molar-refractivity contribution in [2.45, 2.75) is 18.9 Å². The van der Waals surface area contributed by atoms with Gasteiger partial charge in [-0.1, -0.05) is 18.2 Å². The smallest absolute Gasteiger partial charge is 0.276 e. The van der Waals surface area contributed by atoms with Gasteiger partial charge in [0.05, 0.1) is 23.4 Å². The van der Waals surface area contributed by atoms with E-state index < -0.39 is 9.84 Å². The van der Waals surface area contributed by atoms with Crippen LogP contribution >= 0.6 is 0 Å². The Balaban J connectivity index is 1.46. The summed E-state index contributed by atoms with van der Waals surface area (Å²) >= 11 is 0. The number of hydrogen-bond acceptors (Lipinski definition) is 5. The number of pyridine rings is 1. The highest BCUT2D eigenvalue weighted by Gasteiger charge is 2.28. The number of sulfone groups is 1. The Bertz CT molecular complexity index is 909. The van der Waals surface area contributed by atoms with Gasteiger partial charge in [-0.05, 0) is 36.6 Å². The van der Waals surface area contributed by atoms with Crippen molar-refractivity contribution in [1.82, 2.24) is 4.98 Å². The minimum atomic E-state index is -2.92. The van der Waals surface area contributed by atoms with Crippen LogP contribution in [0.4, 0.5) is 11.4 Å². The van der Waals surface area contributed by atoms with Crippen molar-refractivity contribution in [3.05, 3.63) is 53.9 Å². The van der Waals surface area contributed by atoms with E-state index >= 15 is 0 Å². The highest BCUT2D eigenvalue weighted by molar-refractivity contribution is 7.91. The molecule has 7 heteroatoms. The van der Waals surface area contributed by atoms with E-state index in [1.807, 2.05) is 24.3 Å². The number of nitrogens with zero attached hydrogens (tertiary/aromatic N) is 2. The Morgan fingerprint density at radius 3 is 2.76 bits per heavy atom. The van der Waals surface area contributed by atoms with E-state index in [9.17, 15) is 13.2 Å². The molecule has 0 aliphatic carbocycles. The van der Waals surface area contributed by atoms with Crippen LogP contribution < -0.4 is 10.2 Å². The molecule has 2 aliphatic rings. The fraction of sp³-hybridized carbons (Fsp3) is 0.333. The summed E-state index contributed by atoms with van der Waals surface area (Å²) in [6, 6.07) is 11.3. The number of hydrogen-bond donors (Lipinski definition) is 1. The summed E-state index contributed by atoms with van der Waals surface area (Å²) in [6.45, 7) is 0.666. The van der Waals surface area contributed by atoms with E-state index in [4.69, 9.17) is 0 Å². The predicted molar refractivity (Wildman–Crippen MR) is 96.7 cm³/mol. The van der Waals surface area contributed by atoms with Gasteiger partial charge in [-0.2, -0.15) is 0 Å². The van der Waals surface area contributed by atoms with Gasteiger partial charge in [-0.3, -0.25) is 4.79 Å². The molecule has 1 aromatic carbocycles. The van der Waals surface area contributed by atoms with Crippen LogP contribution in [0.3, 0.4) is 0 Å². The van der Waals surface area contributed by atoms with Gasteiger partial charge in [0.2, 0.25) is 0 Å². The second kappa shape index (κ2) is 6.15. The van der Waals surface area contributed by atoms with E-state index in [-0.39, 0.29) is 23.5 Å². The third kappa shape index (κ3) is 3.24. The highest BCUT2D eigenvalue weighted by Crippen LogP contribution is 2.28. The zero-order valence-corrected chi connectivity index (χ0v) is 14.5. The van der Waals surface area contributed by atoms with Gasteiger partial charge in [-0.15, -0.1) is 0 Å². The van der Waals surface area contributed by atoms with Crippen LogP contribution in [0.25, 0.3) is 0 Å². The molecule has 130 valence electrons. The quantitative estimate of drug-likeness (QED) is 0.907. The van der Waals surface area contributed by atoms with Crippen LogP contribution in [0.5, 0.6) is 0 Å². The molecule has 0 radical (unpaired) electrons. The number of aromatic nitrogens is 1. The zero-order valence-electron chi connectivity index (χ0n) is 13.7. The summed E-state index contributed by atoms with van der Waals surface area (Å²) in [4.78, 5) is 18.7. The maximum absolute atomic E-state index is 12.7. The van der Waals surface area contributed by atoms with E-state index in [1.54, 1.807) is 23.2 Å².